The monoisotopic (exact) mass is 471 g/mol. The van der Waals surface area contributed by atoms with Crippen LogP contribution in [0.4, 0.5) is 4.79 Å². The zero-order valence-corrected chi connectivity index (χ0v) is 16.7. The smallest absolute Gasteiger partial charge is 0.268 e. The molecule has 0 saturated carbocycles. The van der Waals surface area contributed by atoms with Gasteiger partial charge < -0.3 is 0 Å². The summed E-state index contributed by atoms with van der Waals surface area (Å²) in [6.07, 6.45) is 1.78. The summed E-state index contributed by atoms with van der Waals surface area (Å²) in [4.78, 5) is 26.8. The summed E-state index contributed by atoms with van der Waals surface area (Å²) < 4.78 is 1.13. The lowest BCUT2D eigenvalue weighted by atomic mass is 10.1. The minimum absolute atomic E-state index is 0.222. The predicted octanol–water partition coefficient (Wildman–Crippen LogP) is 5.68. The molecule has 3 aromatic rings. The second-order valence-electron chi connectivity index (χ2n) is 6.00. The van der Waals surface area contributed by atoms with E-state index in [0.29, 0.717) is 11.4 Å². The van der Waals surface area contributed by atoms with Crippen molar-refractivity contribution in [2.75, 3.05) is 0 Å². The Morgan fingerprint density at radius 1 is 0.923 bits per heavy atom. The first-order valence-electron chi connectivity index (χ1n) is 8.09. The number of carbonyl (C=O) groups is 2. The molecule has 26 heavy (non-hydrogen) atoms. The van der Waals surface area contributed by atoms with Crippen molar-refractivity contribution >= 4 is 62.3 Å². The van der Waals surface area contributed by atoms with Crippen LogP contribution in [-0.2, 0) is 11.3 Å². The standard InChI is InChI=1S/C21H14INO2S/c22-18-9-6-14(7-10-18)12-19-20(24)23(21(25)26-19)13-15-5-8-16-3-1-2-4-17(16)11-15/h1-12H,13H2/b19-12-. The van der Waals surface area contributed by atoms with Crippen LogP contribution in [0.1, 0.15) is 11.1 Å². The minimum Gasteiger partial charge on any atom is -0.268 e. The summed E-state index contributed by atoms with van der Waals surface area (Å²) in [5, 5.41) is 2.02. The van der Waals surface area contributed by atoms with Crippen molar-refractivity contribution in [1.82, 2.24) is 4.90 Å². The molecule has 0 unspecified atom stereocenters. The van der Waals surface area contributed by atoms with E-state index in [-0.39, 0.29) is 11.1 Å². The van der Waals surface area contributed by atoms with Gasteiger partial charge in [0.15, 0.2) is 0 Å². The number of hydrogen-bond acceptors (Lipinski definition) is 3. The third-order valence-corrected chi connectivity index (χ3v) is 5.82. The Labute approximate surface area is 169 Å². The van der Waals surface area contributed by atoms with Crippen LogP contribution < -0.4 is 0 Å². The van der Waals surface area contributed by atoms with E-state index in [1.807, 2.05) is 66.7 Å². The van der Waals surface area contributed by atoms with Crippen LogP contribution in [0.15, 0.2) is 71.6 Å². The van der Waals surface area contributed by atoms with Gasteiger partial charge in [-0.3, -0.25) is 14.5 Å². The Balaban J connectivity index is 1.57. The Hall–Kier alpha value is -2.12. The lowest BCUT2D eigenvalue weighted by Gasteiger charge is -2.13. The number of benzene rings is 3. The number of imide groups is 1. The number of thioether (sulfide) groups is 1. The number of amides is 2. The van der Waals surface area contributed by atoms with E-state index >= 15 is 0 Å². The van der Waals surface area contributed by atoms with E-state index in [1.165, 1.54) is 4.90 Å². The second-order valence-corrected chi connectivity index (χ2v) is 8.24. The quantitative estimate of drug-likeness (QED) is 0.365. The molecule has 0 atom stereocenters. The van der Waals surface area contributed by atoms with Crippen LogP contribution in [0.3, 0.4) is 0 Å². The summed E-state index contributed by atoms with van der Waals surface area (Å²) in [5.74, 6) is -0.230. The molecule has 2 amide bonds. The van der Waals surface area contributed by atoms with Gasteiger partial charge in [0.25, 0.3) is 11.1 Å². The maximum atomic E-state index is 12.7. The molecule has 0 aromatic heterocycles. The van der Waals surface area contributed by atoms with E-state index in [4.69, 9.17) is 0 Å². The summed E-state index contributed by atoms with van der Waals surface area (Å²) in [5.41, 5.74) is 1.86. The molecule has 0 spiro atoms. The molecule has 1 aliphatic heterocycles. The van der Waals surface area contributed by atoms with Crippen LogP contribution in [0, 0.1) is 3.57 Å². The van der Waals surface area contributed by atoms with E-state index in [0.717, 1.165) is 37.2 Å². The number of fused-ring (bicyclic) bond motifs is 1. The molecule has 1 saturated heterocycles. The van der Waals surface area contributed by atoms with Crippen molar-refractivity contribution in [3.63, 3.8) is 0 Å². The highest BCUT2D eigenvalue weighted by Gasteiger charge is 2.34. The maximum Gasteiger partial charge on any atom is 0.293 e. The molecule has 0 N–H and O–H groups in total. The molecule has 5 heteroatoms. The Morgan fingerprint density at radius 3 is 2.42 bits per heavy atom. The Kier molecular flexibility index (Phi) is 4.82. The highest BCUT2D eigenvalue weighted by atomic mass is 127. The van der Waals surface area contributed by atoms with Crippen molar-refractivity contribution < 1.29 is 9.59 Å². The largest absolute Gasteiger partial charge is 0.293 e. The lowest BCUT2D eigenvalue weighted by molar-refractivity contribution is -0.123. The normalized spacial score (nSPS) is 16.0. The third kappa shape index (κ3) is 3.54. The molecule has 1 aliphatic rings. The average Bonchev–Trinajstić information content (AvgIpc) is 2.91. The molecule has 128 valence electrons. The fraction of sp³-hybridized carbons (Fsp3) is 0.0476. The number of hydrogen-bond donors (Lipinski definition) is 0. The summed E-state index contributed by atoms with van der Waals surface area (Å²) in [6, 6.07) is 21.9. The van der Waals surface area contributed by atoms with Crippen molar-refractivity contribution in [1.29, 1.82) is 0 Å². The molecule has 3 nitrogen and oxygen atoms in total. The predicted molar refractivity (Wildman–Crippen MR) is 115 cm³/mol. The molecule has 0 aliphatic carbocycles. The SMILES string of the molecule is O=C1S/C(=C\c2ccc(I)cc2)C(=O)N1Cc1ccc2ccccc2c1. The van der Waals surface area contributed by atoms with Gasteiger partial charge in [-0.05, 0) is 80.5 Å². The van der Waals surface area contributed by atoms with Gasteiger partial charge in [-0.1, -0.05) is 48.5 Å². The summed E-state index contributed by atoms with van der Waals surface area (Å²) in [6.45, 7) is 0.291. The topological polar surface area (TPSA) is 37.4 Å². The third-order valence-electron chi connectivity index (χ3n) is 4.20. The molecule has 0 bridgehead atoms. The van der Waals surface area contributed by atoms with Crippen molar-refractivity contribution in [3.05, 3.63) is 86.3 Å². The van der Waals surface area contributed by atoms with Gasteiger partial charge in [0, 0.05) is 3.57 Å². The molecule has 4 rings (SSSR count). The van der Waals surface area contributed by atoms with Gasteiger partial charge in [-0.2, -0.15) is 0 Å². The van der Waals surface area contributed by atoms with Gasteiger partial charge >= 0.3 is 0 Å². The lowest BCUT2D eigenvalue weighted by Crippen LogP contribution is -2.27. The van der Waals surface area contributed by atoms with Gasteiger partial charge in [-0.25, -0.2) is 0 Å². The van der Waals surface area contributed by atoms with E-state index in [9.17, 15) is 9.59 Å². The number of nitrogens with zero attached hydrogens (tertiary/aromatic N) is 1. The van der Waals surface area contributed by atoms with Crippen molar-refractivity contribution in [2.24, 2.45) is 0 Å². The molecular formula is C21H14INO2S. The Bertz CT molecular complexity index is 1040. The molecule has 1 fully saturated rings. The zero-order chi connectivity index (χ0) is 18.1. The van der Waals surface area contributed by atoms with E-state index in [2.05, 4.69) is 22.6 Å². The summed E-state index contributed by atoms with van der Waals surface area (Å²) in [7, 11) is 0. The summed E-state index contributed by atoms with van der Waals surface area (Å²) >= 11 is 3.24. The van der Waals surface area contributed by atoms with E-state index < -0.39 is 0 Å². The minimum atomic E-state index is -0.230. The average molecular weight is 471 g/mol. The molecular weight excluding hydrogens is 457 g/mol. The van der Waals surface area contributed by atoms with E-state index in [1.54, 1.807) is 6.08 Å². The first kappa shape index (κ1) is 17.3. The van der Waals surface area contributed by atoms with Gasteiger partial charge in [-0.15, -0.1) is 0 Å². The van der Waals surface area contributed by atoms with Crippen molar-refractivity contribution in [2.45, 2.75) is 6.54 Å². The first-order valence-corrected chi connectivity index (χ1v) is 9.98. The molecule has 1 heterocycles. The van der Waals surface area contributed by atoms with Gasteiger partial charge in [0.05, 0.1) is 11.4 Å². The number of halogens is 1. The fourth-order valence-corrected chi connectivity index (χ4v) is 4.06. The van der Waals surface area contributed by atoms with Gasteiger partial charge in [0.1, 0.15) is 0 Å². The second kappa shape index (κ2) is 7.25. The van der Waals surface area contributed by atoms with Gasteiger partial charge in [0.2, 0.25) is 0 Å². The maximum absolute atomic E-state index is 12.7. The van der Waals surface area contributed by atoms with Crippen molar-refractivity contribution in [3.8, 4) is 0 Å². The van der Waals surface area contributed by atoms with Crippen LogP contribution >= 0.6 is 34.4 Å². The van der Waals surface area contributed by atoms with Crippen LogP contribution in [0.25, 0.3) is 16.8 Å². The van der Waals surface area contributed by atoms with Crippen LogP contribution in [0.2, 0.25) is 0 Å². The first-order chi connectivity index (χ1) is 12.6. The number of rotatable bonds is 3. The molecule has 0 radical (unpaired) electrons. The van der Waals surface area contributed by atoms with Crippen LogP contribution in [-0.4, -0.2) is 16.0 Å². The fourth-order valence-electron chi connectivity index (χ4n) is 2.87. The highest BCUT2D eigenvalue weighted by Crippen LogP contribution is 2.33. The highest BCUT2D eigenvalue weighted by molar-refractivity contribution is 14.1. The molecule has 3 aromatic carbocycles. The van der Waals surface area contributed by atoms with Crippen LogP contribution in [0.5, 0.6) is 0 Å². The zero-order valence-electron chi connectivity index (χ0n) is 13.7. The number of carbonyl (C=O) groups excluding carboxylic acids is 2. The Morgan fingerprint density at radius 2 is 1.65 bits per heavy atom.